The normalized spacial score (nSPS) is 12.5. The number of aryl methyl sites for hydroxylation is 1. The summed E-state index contributed by atoms with van der Waals surface area (Å²) in [7, 11) is 1.74. The number of carboxylic acid groups (broad SMARTS) is 1. The van der Waals surface area contributed by atoms with Crippen LogP contribution in [0.3, 0.4) is 0 Å². The van der Waals surface area contributed by atoms with Gasteiger partial charge in [-0.3, -0.25) is 4.79 Å². The molecule has 9 heteroatoms. The van der Waals surface area contributed by atoms with Gasteiger partial charge in [-0.2, -0.15) is 13.2 Å². The number of nitrogens with one attached hydrogen (secondary N) is 1. The smallest absolute Gasteiger partial charge is 0.416 e. The Hall–Kier alpha value is -3.72. The van der Waals surface area contributed by atoms with E-state index >= 15 is 0 Å². The van der Waals surface area contributed by atoms with Crippen LogP contribution in [0.5, 0.6) is 0 Å². The van der Waals surface area contributed by atoms with E-state index in [4.69, 9.17) is 5.11 Å². The minimum absolute atomic E-state index is 0.140. The van der Waals surface area contributed by atoms with E-state index in [1.807, 2.05) is 24.3 Å². The van der Waals surface area contributed by atoms with Gasteiger partial charge in [0.05, 0.1) is 22.1 Å². The largest absolute Gasteiger partial charge is 0.478 e. The van der Waals surface area contributed by atoms with Gasteiger partial charge in [-0.25, -0.2) is 4.79 Å². The molecule has 0 saturated heterocycles. The van der Waals surface area contributed by atoms with Crippen molar-refractivity contribution in [1.82, 2.24) is 9.88 Å². The van der Waals surface area contributed by atoms with Crippen molar-refractivity contribution in [2.45, 2.75) is 28.9 Å². The number of carbonyl (C=O) groups is 2. The lowest BCUT2D eigenvalue weighted by Crippen LogP contribution is -2.28. The predicted octanol–water partition coefficient (Wildman–Crippen LogP) is 6.54. The number of carboxylic acids is 1. The van der Waals surface area contributed by atoms with Gasteiger partial charge in [-0.15, -0.1) is 0 Å². The molecular formula is C26H21F3N2O3S. The number of para-hydroxylation sites is 1. The third kappa shape index (κ3) is 5.05. The molecule has 2 N–H and O–H groups in total. The number of hydrogen-bond acceptors (Lipinski definition) is 3. The maximum absolute atomic E-state index is 13.4. The summed E-state index contributed by atoms with van der Waals surface area (Å²) in [6, 6.07) is 18.1. The number of aromatic carboxylic acids is 1. The summed E-state index contributed by atoms with van der Waals surface area (Å²) in [5.41, 5.74) is 1.19. The summed E-state index contributed by atoms with van der Waals surface area (Å²) in [5.74, 6) is -1.44. The van der Waals surface area contributed by atoms with Crippen molar-refractivity contribution in [3.05, 3.63) is 95.2 Å². The van der Waals surface area contributed by atoms with Crippen molar-refractivity contribution >= 4 is 34.5 Å². The van der Waals surface area contributed by atoms with Crippen LogP contribution < -0.4 is 5.32 Å². The zero-order valence-electron chi connectivity index (χ0n) is 18.8. The van der Waals surface area contributed by atoms with Crippen LogP contribution in [0.15, 0.2) is 82.6 Å². The molecule has 0 radical (unpaired) electrons. The SMILES string of the molecule is C[C@H](NC(=O)c1c(Sc2cccc(C(F)(F)F)c2)c2ccccc2n1C)c1ccc(C(=O)O)cc1. The molecule has 4 rings (SSSR count). The van der Waals surface area contributed by atoms with Crippen molar-refractivity contribution < 1.29 is 27.9 Å². The van der Waals surface area contributed by atoms with Crippen LogP contribution >= 0.6 is 11.8 Å². The Balaban J connectivity index is 1.69. The highest BCUT2D eigenvalue weighted by atomic mass is 32.2. The number of amides is 1. The van der Waals surface area contributed by atoms with Crippen LogP contribution in [0, 0.1) is 0 Å². The quantitative estimate of drug-likeness (QED) is 0.317. The Labute approximate surface area is 203 Å². The molecule has 1 aromatic heterocycles. The molecule has 1 atom stereocenters. The topological polar surface area (TPSA) is 71.3 Å². The Morgan fingerprint density at radius 3 is 2.34 bits per heavy atom. The maximum Gasteiger partial charge on any atom is 0.416 e. The lowest BCUT2D eigenvalue weighted by Gasteiger charge is -2.16. The molecule has 0 bridgehead atoms. The van der Waals surface area contributed by atoms with Crippen LogP contribution in [0.1, 0.15) is 44.9 Å². The average molecular weight is 499 g/mol. The maximum atomic E-state index is 13.4. The fraction of sp³-hybridized carbons (Fsp3) is 0.154. The molecule has 0 fully saturated rings. The van der Waals surface area contributed by atoms with Crippen molar-refractivity contribution in [2.75, 3.05) is 0 Å². The van der Waals surface area contributed by atoms with Gasteiger partial charge in [-0.05, 0) is 48.9 Å². The summed E-state index contributed by atoms with van der Waals surface area (Å²) < 4.78 is 41.4. The van der Waals surface area contributed by atoms with Gasteiger partial charge in [0, 0.05) is 22.8 Å². The highest BCUT2D eigenvalue weighted by molar-refractivity contribution is 7.99. The molecule has 1 amide bonds. The number of benzene rings is 3. The van der Waals surface area contributed by atoms with Gasteiger partial charge in [0.2, 0.25) is 0 Å². The number of aromatic nitrogens is 1. The number of fused-ring (bicyclic) bond motifs is 1. The Morgan fingerprint density at radius 1 is 1.00 bits per heavy atom. The number of halogens is 3. The van der Waals surface area contributed by atoms with E-state index in [-0.39, 0.29) is 5.56 Å². The minimum atomic E-state index is -4.47. The van der Waals surface area contributed by atoms with Crippen LogP contribution in [0.25, 0.3) is 10.9 Å². The van der Waals surface area contributed by atoms with Gasteiger partial charge in [-0.1, -0.05) is 48.2 Å². The number of carbonyl (C=O) groups excluding carboxylic acids is 1. The molecule has 3 aromatic carbocycles. The number of rotatable bonds is 6. The first kappa shape index (κ1) is 24.4. The Morgan fingerprint density at radius 2 is 1.69 bits per heavy atom. The predicted molar refractivity (Wildman–Crippen MR) is 128 cm³/mol. The summed E-state index contributed by atoms with van der Waals surface area (Å²) in [6.07, 6.45) is -4.47. The van der Waals surface area contributed by atoms with Crippen molar-refractivity contribution in [1.29, 1.82) is 0 Å². The molecule has 0 spiro atoms. The molecule has 5 nitrogen and oxygen atoms in total. The first-order valence-corrected chi connectivity index (χ1v) is 11.4. The molecule has 0 aliphatic heterocycles. The van der Waals surface area contributed by atoms with Crippen LogP contribution in [-0.2, 0) is 13.2 Å². The lowest BCUT2D eigenvalue weighted by molar-refractivity contribution is -0.137. The first-order valence-electron chi connectivity index (χ1n) is 10.6. The Kier molecular flexibility index (Phi) is 6.62. The number of hydrogen-bond donors (Lipinski definition) is 2. The van der Waals surface area contributed by atoms with E-state index in [0.29, 0.717) is 21.0 Å². The molecule has 1 heterocycles. The minimum Gasteiger partial charge on any atom is -0.478 e. The van der Waals surface area contributed by atoms with Gasteiger partial charge < -0.3 is 15.0 Å². The highest BCUT2D eigenvalue weighted by Crippen LogP contribution is 2.40. The second-order valence-corrected chi connectivity index (χ2v) is 9.09. The molecule has 4 aromatic rings. The number of nitrogens with zero attached hydrogens (tertiary/aromatic N) is 1. The van der Waals surface area contributed by atoms with Crippen LogP contribution in [-0.4, -0.2) is 21.6 Å². The van der Waals surface area contributed by atoms with E-state index in [1.54, 1.807) is 36.7 Å². The number of alkyl halides is 3. The standard InChI is InChI=1S/C26H21F3N2O3S/c1-15(16-10-12-17(13-11-16)25(33)34)30-24(32)22-23(20-8-3-4-9-21(20)31(22)2)35-19-7-5-6-18(14-19)26(27,28)29/h3-15H,1-2H3,(H,30,32)(H,33,34)/t15-/m0/s1. The van der Waals surface area contributed by atoms with E-state index in [2.05, 4.69) is 5.32 Å². The summed E-state index contributed by atoms with van der Waals surface area (Å²) in [4.78, 5) is 25.4. The van der Waals surface area contributed by atoms with Crippen molar-refractivity contribution in [3.63, 3.8) is 0 Å². The van der Waals surface area contributed by atoms with Gasteiger partial charge in [0.1, 0.15) is 5.69 Å². The van der Waals surface area contributed by atoms with Gasteiger partial charge in [0.15, 0.2) is 0 Å². The second-order valence-electron chi connectivity index (χ2n) is 8.00. The monoisotopic (exact) mass is 498 g/mol. The van der Waals surface area contributed by atoms with E-state index in [0.717, 1.165) is 34.8 Å². The molecule has 0 aliphatic rings. The molecule has 0 saturated carbocycles. The molecule has 0 unspecified atom stereocenters. The zero-order chi connectivity index (χ0) is 25.3. The first-order chi connectivity index (χ1) is 16.6. The summed E-state index contributed by atoms with van der Waals surface area (Å²) in [5, 5.41) is 12.8. The Bertz CT molecular complexity index is 1410. The summed E-state index contributed by atoms with van der Waals surface area (Å²) >= 11 is 1.10. The lowest BCUT2D eigenvalue weighted by atomic mass is 10.1. The fourth-order valence-electron chi connectivity index (χ4n) is 3.83. The van der Waals surface area contributed by atoms with E-state index in [1.165, 1.54) is 18.2 Å². The van der Waals surface area contributed by atoms with E-state index < -0.39 is 29.7 Å². The average Bonchev–Trinajstić information content (AvgIpc) is 3.10. The molecule has 35 heavy (non-hydrogen) atoms. The fourth-order valence-corrected chi connectivity index (χ4v) is 5.01. The van der Waals surface area contributed by atoms with Crippen LogP contribution in [0.2, 0.25) is 0 Å². The van der Waals surface area contributed by atoms with Crippen LogP contribution in [0.4, 0.5) is 13.2 Å². The zero-order valence-corrected chi connectivity index (χ0v) is 19.6. The third-order valence-corrected chi connectivity index (χ3v) is 6.77. The van der Waals surface area contributed by atoms with Gasteiger partial charge in [0.25, 0.3) is 5.91 Å². The van der Waals surface area contributed by atoms with Gasteiger partial charge >= 0.3 is 12.1 Å². The van der Waals surface area contributed by atoms with Crippen molar-refractivity contribution in [2.24, 2.45) is 7.05 Å². The molecular weight excluding hydrogens is 477 g/mol. The second kappa shape index (κ2) is 9.50. The third-order valence-electron chi connectivity index (χ3n) is 5.66. The molecule has 0 aliphatic carbocycles. The van der Waals surface area contributed by atoms with Crippen molar-refractivity contribution in [3.8, 4) is 0 Å². The highest BCUT2D eigenvalue weighted by Gasteiger charge is 2.31. The van der Waals surface area contributed by atoms with E-state index in [9.17, 15) is 22.8 Å². The molecule has 180 valence electrons. The summed E-state index contributed by atoms with van der Waals surface area (Å²) in [6.45, 7) is 1.77.